The average molecular weight is 304 g/mol. The molecule has 0 aromatic heterocycles. The quantitative estimate of drug-likeness (QED) is 0.857. The molecule has 112 valence electrons. The molecule has 0 heterocycles. The Morgan fingerprint density at radius 1 is 1.45 bits per heavy atom. The molecule has 1 aliphatic carbocycles. The van der Waals surface area contributed by atoms with Crippen molar-refractivity contribution in [3.05, 3.63) is 28.8 Å². The van der Waals surface area contributed by atoms with Crippen LogP contribution in [-0.4, -0.2) is 12.7 Å². The summed E-state index contributed by atoms with van der Waals surface area (Å²) in [6.45, 7) is 2.17. The zero-order valence-electron chi connectivity index (χ0n) is 11.8. The van der Waals surface area contributed by atoms with Crippen molar-refractivity contribution in [3.8, 4) is 5.75 Å². The molecule has 1 aliphatic rings. The fraction of sp³-hybridized carbons (Fsp3) is 0.600. The fourth-order valence-electron chi connectivity index (χ4n) is 2.76. The molecule has 1 saturated carbocycles. The molecule has 1 aromatic rings. The monoisotopic (exact) mass is 303 g/mol. The first-order valence-electron chi connectivity index (χ1n) is 6.82. The molecular formula is C15H20ClF2NO. The van der Waals surface area contributed by atoms with Gasteiger partial charge in [-0.3, -0.25) is 0 Å². The molecule has 1 aromatic carbocycles. The lowest BCUT2D eigenvalue weighted by Crippen LogP contribution is -2.27. The zero-order valence-corrected chi connectivity index (χ0v) is 12.5. The third-order valence-electron chi connectivity index (χ3n) is 3.79. The van der Waals surface area contributed by atoms with E-state index < -0.39 is 6.61 Å². The van der Waals surface area contributed by atoms with Gasteiger partial charge in [0.05, 0.1) is 0 Å². The number of ether oxygens (including phenoxy) is 1. The second-order valence-electron chi connectivity index (χ2n) is 6.12. The minimum atomic E-state index is -2.82. The topological polar surface area (TPSA) is 21.3 Å². The van der Waals surface area contributed by atoms with Crippen LogP contribution in [0.3, 0.4) is 0 Å². The van der Waals surface area contributed by atoms with E-state index in [4.69, 9.17) is 11.6 Å². The highest BCUT2D eigenvalue weighted by molar-refractivity contribution is 6.30. The molecule has 0 radical (unpaired) electrons. The van der Waals surface area contributed by atoms with Crippen molar-refractivity contribution in [3.63, 3.8) is 0 Å². The summed E-state index contributed by atoms with van der Waals surface area (Å²) in [5, 5.41) is 3.93. The third-order valence-corrected chi connectivity index (χ3v) is 4.02. The Hall–Kier alpha value is -0.870. The maximum Gasteiger partial charge on any atom is 0.387 e. The summed E-state index contributed by atoms with van der Waals surface area (Å²) in [5.74, 6) is 0.189. The second-order valence-corrected chi connectivity index (χ2v) is 6.55. The van der Waals surface area contributed by atoms with E-state index in [2.05, 4.69) is 23.9 Å². The molecule has 0 aliphatic heterocycles. The molecule has 0 bridgehead atoms. The lowest BCUT2D eigenvalue weighted by atomic mass is 9.92. The summed E-state index contributed by atoms with van der Waals surface area (Å²) in [4.78, 5) is 0. The van der Waals surface area contributed by atoms with Gasteiger partial charge in [-0.25, -0.2) is 0 Å². The highest BCUT2D eigenvalue weighted by atomic mass is 35.5. The first-order valence-corrected chi connectivity index (χ1v) is 7.20. The molecule has 1 atom stereocenters. The van der Waals surface area contributed by atoms with Gasteiger partial charge in [-0.2, -0.15) is 8.78 Å². The van der Waals surface area contributed by atoms with Crippen LogP contribution in [0.2, 0.25) is 5.02 Å². The van der Waals surface area contributed by atoms with Crippen LogP contribution in [0.25, 0.3) is 0 Å². The Bertz CT molecular complexity index is 465. The normalized spacial score (nSPS) is 21.4. The van der Waals surface area contributed by atoms with Crippen LogP contribution >= 0.6 is 11.6 Å². The molecule has 2 rings (SSSR count). The summed E-state index contributed by atoms with van der Waals surface area (Å²) in [7, 11) is 0. The molecule has 1 unspecified atom stereocenters. The minimum absolute atomic E-state index is 0.189. The minimum Gasteiger partial charge on any atom is -0.434 e. The first-order chi connectivity index (χ1) is 9.35. The van der Waals surface area contributed by atoms with Gasteiger partial charge in [0, 0.05) is 23.2 Å². The van der Waals surface area contributed by atoms with E-state index in [9.17, 15) is 8.78 Å². The SMILES string of the molecule is CC1(C)CCC(NCc2cc(Cl)ccc2OC(F)F)C1. The lowest BCUT2D eigenvalue weighted by Gasteiger charge is -2.18. The Labute approximate surface area is 123 Å². The second kappa shape index (κ2) is 6.27. The summed E-state index contributed by atoms with van der Waals surface area (Å²) in [6.07, 6.45) is 3.39. The van der Waals surface area contributed by atoms with Gasteiger partial charge in [0.2, 0.25) is 0 Å². The van der Waals surface area contributed by atoms with Crippen molar-refractivity contribution >= 4 is 11.6 Å². The summed E-state index contributed by atoms with van der Waals surface area (Å²) < 4.78 is 29.3. The number of hydrogen-bond acceptors (Lipinski definition) is 2. The Morgan fingerprint density at radius 3 is 2.80 bits per heavy atom. The van der Waals surface area contributed by atoms with Gasteiger partial charge in [-0.15, -0.1) is 0 Å². The van der Waals surface area contributed by atoms with Crippen LogP contribution in [0.15, 0.2) is 18.2 Å². The lowest BCUT2D eigenvalue weighted by molar-refractivity contribution is -0.0505. The summed E-state index contributed by atoms with van der Waals surface area (Å²) in [6, 6.07) is 5.14. The van der Waals surface area contributed by atoms with Crippen molar-refractivity contribution in [1.82, 2.24) is 5.32 Å². The van der Waals surface area contributed by atoms with Crippen LogP contribution in [-0.2, 0) is 6.54 Å². The van der Waals surface area contributed by atoms with E-state index in [1.165, 1.54) is 12.5 Å². The zero-order chi connectivity index (χ0) is 14.8. The van der Waals surface area contributed by atoms with Crippen molar-refractivity contribution in [2.75, 3.05) is 0 Å². The van der Waals surface area contributed by atoms with Gasteiger partial charge in [0.25, 0.3) is 0 Å². The van der Waals surface area contributed by atoms with Gasteiger partial charge >= 0.3 is 6.61 Å². The van der Waals surface area contributed by atoms with Gasteiger partial charge in [0.15, 0.2) is 0 Å². The van der Waals surface area contributed by atoms with Gasteiger partial charge < -0.3 is 10.1 Å². The number of alkyl halides is 2. The predicted octanol–water partition coefficient (Wildman–Crippen LogP) is 4.61. The summed E-state index contributed by atoms with van der Waals surface area (Å²) in [5.41, 5.74) is 1.02. The molecule has 1 fully saturated rings. The van der Waals surface area contributed by atoms with E-state index in [1.807, 2.05) is 0 Å². The third kappa shape index (κ3) is 4.32. The molecule has 1 N–H and O–H groups in total. The van der Waals surface area contributed by atoms with E-state index in [0.29, 0.717) is 28.6 Å². The molecule has 20 heavy (non-hydrogen) atoms. The van der Waals surface area contributed by atoms with Crippen LogP contribution in [0.5, 0.6) is 5.75 Å². The van der Waals surface area contributed by atoms with Crippen LogP contribution in [0.1, 0.15) is 38.7 Å². The summed E-state index contributed by atoms with van der Waals surface area (Å²) >= 11 is 5.92. The molecule has 0 spiro atoms. The maximum atomic E-state index is 12.4. The van der Waals surface area contributed by atoms with Crippen molar-refractivity contribution in [1.29, 1.82) is 0 Å². The average Bonchev–Trinajstić information content (AvgIpc) is 2.69. The predicted molar refractivity (Wildman–Crippen MR) is 76.3 cm³/mol. The highest BCUT2D eigenvalue weighted by Crippen LogP contribution is 2.37. The van der Waals surface area contributed by atoms with Gasteiger partial charge in [-0.05, 0) is 42.9 Å². The van der Waals surface area contributed by atoms with E-state index in [0.717, 1.165) is 12.8 Å². The Kier molecular flexibility index (Phi) is 4.86. The Morgan fingerprint density at radius 2 is 2.20 bits per heavy atom. The van der Waals surface area contributed by atoms with E-state index in [1.54, 1.807) is 12.1 Å². The number of halogens is 3. The van der Waals surface area contributed by atoms with E-state index >= 15 is 0 Å². The van der Waals surface area contributed by atoms with Crippen LogP contribution < -0.4 is 10.1 Å². The maximum absolute atomic E-state index is 12.4. The molecule has 0 amide bonds. The van der Waals surface area contributed by atoms with Crippen LogP contribution in [0, 0.1) is 5.41 Å². The van der Waals surface area contributed by atoms with E-state index in [-0.39, 0.29) is 5.75 Å². The van der Waals surface area contributed by atoms with Crippen molar-refractivity contribution in [2.45, 2.75) is 52.3 Å². The first kappa shape index (κ1) is 15.5. The van der Waals surface area contributed by atoms with Crippen molar-refractivity contribution < 1.29 is 13.5 Å². The molecular weight excluding hydrogens is 284 g/mol. The number of rotatable bonds is 5. The standard InChI is InChI=1S/C15H20ClF2NO/c1-15(2)6-5-12(8-15)19-9-10-7-11(16)3-4-13(10)20-14(17)18/h3-4,7,12,14,19H,5-6,8-9H2,1-2H3. The number of benzene rings is 1. The smallest absolute Gasteiger partial charge is 0.387 e. The molecule has 5 heteroatoms. The number of nitrogens with one attached hydrogen (secondary N) is 1. The number of hydrogen-bond donors (Lipinski definition) is 1. The van der Waals surface area contributed by atoms with Gasteiger partial charge in [0.1, 0.15) is 5.75 Å². The molecule has 0 saturated heterocycles. The fourth-order valence-corrected chi connectivity index (χ4v) is 2.96. The highest BCUT2D eigenvalue weighted by Gasteiger charge is 2.30. The largest absolute Gasteiger partial charge is 0.434 e. The van der Waals surface area contributed by atoms with Crippen LogP contribution in [0.4, 0.5) is 8.78 Å². The molecule has 2 nitrogen and oxygen atoms in total. The van der Waals surface area contributed by atoms with Crippen molar-refractivity contribution in [2.24, 2.45) is 5.41 Å². The van der Waals surface area contributed by atoms with Gasteiger partial charge in [-0.1, -0.05) is 25.4 Å². The Balaban J connectivity index is 1.99.